The smallest absolute Gasteiger partial charge is 0.264 e. The van der Waals surface area contributed by atoms with Gasteiger partial charge in [-0.1, -0.05) is 54.1 Å². The van der Waals surface area contributed by atoms with Gasteiger partial charge >= 0.3 is 0 Å². The molecule has 1 atom stereocenters. The van der Waals surface area contributed by atoms with Crippen LogP contribution in [0.25, 0.3) is 0 Å². The van der Waals surface area contributed by atoms with Crippen LogP contribution in [0.5, 0.6) is 0 Å². The van der Waals surface area contributed by atoms with E-state index in [4.69, 9.17) is 0 Å². The van der Waals surface area contributed by atoms with Crippen molar-refractivity contribution in [3.63, 3.8) is 0 Å². The largest absolute Gasteiger partial charge is 0.350 e. The number of hydrogen-bond donors (Lipinski definition) is 1. The van der Waals surface area contributed by atoms with Crippen molar-refractivity contribution in [3.05, 3.63) is 95.1 Å². The first-order valence-corrected chi connectivity index (χ1v) is 14.4. The molecule has 3 aromatic rings. The fourth-order valence-electron chi connectivity index (χ4n) is 4.41. The molecule has 3 aromatic carbocycles. The Bertz CT molecular complexity index is 1410. The summed E-state index contributed by atoms with van der Waals surface area (Å²) < 4.78 is 28.9. The minimum absolute atomic E-state index is 0.0840. The summed E-state index contributed by atoms with van der Waals surface area (Å²) in [6.07, 6.45) is 0. The van der Waals surface area contributed by atoms with Crippen molar-refractivity contribution < 1.29 is 18.0 Å². The maximum Gasteiger partial charge on any atom is 0.264 e. The molecule has 0 aliphatic heterocycles. The number of nitrogens with zero attached hydrogens (tertiary/aromatic N) is 2. The topological polar surface area (TPSA) is 86.8 Å². The average molecular weight is 550 g/mol. The highest BCUT2D eigenvalue weighted by Crippen LogP contribution is 2.26. The van der Waals surface area contributed by atoms with Crippen LogP contribution in [-0.4, -0.2) is 43.3 Å². The number of amides is 2. The van der Waals surface area contributed by atoms with Crippen molar-refractivity contribution in [2.75, 3.05) is 10.8 Å². The number of carbonyl (C=O) groups is 2. The van der Waals surface area contributed by atoms with Gasteiger partial charge in [0.1, 0.15) is 12.6 Å². The third-order valence-electron chi connectivity index (χ3n) is 6.21. The quantitative estimate of drug-likeness (QED) is 0.401. The van der Waals surface area contributed by atoms with E-state index in [0.29, 0.717) is 5.69 Å². The molecule has 0 aliphatic carbocycles. The molecule has 0 aliphatic rings. The molecule has 39 heavy (non-hydrogen) atoms. The van der Waals surface area contributed by atoms with Gasteiger partial charge in [-0.15, -0.1) is 0 Å². The molecule has 0 bridgehead atoms. The summed E-state index contributed by atoms with van der Waals surface area (Å²) in [7, 11) is -4.09. The highest BCUT2D eigenvalue weighted by Gasteiger charge is 2.33. The minimum Gasteiger partial charge on any atom is -0.350 e. The fourth-order valence-corrected chi connectivity index (χ4v) is 5.83. The molecule has 7 nitrogen and oxygen atoms in total. The number of rotatable bonds is 9. The van der Waals surface area contributed by atoms with Gasteiger partial charge in [0.25, 0.3) is 10.0 Å². The molecule has 0 heterocycles. The van der Waals surface area contributed by atoms with Gasteiger partial charge in [0.2, 0.25) is 11.8 Å². The van der Waals surface area contributed by atoms with Crippen molar-refractivity contribution >= 4 is 27.5 Å². The minimum atomic E-state index is -4.09. The summed E-state index contributed by atoms with van der Waals surface area (Å²) in [6.45, 7) is 12.7. The highest BCUT2D eigenvalue weighted by atomic mass is 32.2. The Morgan fingerprint density at radius 2 is 1.46 bits per heavy atom. The lowest BCUT2D eigenvalue weighted by Gasteiger charge is -2.33. The Labute approximate surface area is 232 Å². The number of anilines is 1. The average Bonchev–Trinajstić information content (AvgIpc) is 2.84. The molecule has 0 saturated heterocycles. The Hall–Kier alpha value is -3.65. The number of hydrogen-bond acceptors (Lipinski definition) is 4. The number of nitrogens with one attached hydrogen (secondary N) is 1. The summed E-state index contributed by atoms with van der Waals surface area (Å²) in [4.78, 5) is 28.7. The van der Waals surface area contributed by atoms with Crippen LogP contribution in [0.3, 0.4) is 0 Å². The molecular weight excluding hydrogens is 510 g/mol. The summed E-state index contributed by atoms with van der Waals surface area (Å²) in [5.74, 6) is -0.792. The van der Waals surface area contributed by atoms with Crippen molar-refractivity contribution in [2.24, 2.45) is 0 Å². The maximum atomic E-state index is 14.0. The Kier molecular flexibility index (Phi) is 9.22. The van der Waals surface area contributed by atoms with Gasteiger partial charge in [-0.3, -0.25) is 13.9 Å². The Morgan fingerprint density at radius 1 is 0.846 bits per heavy atom. The molecule has 0 spiro atoms. The molecule has 0 saturated carbocycles. The van der Waals surface area contributed by atoms with Gasteiger partial charge in [0.05, 0.1) is 10.6 Å². The van der Waals surface area contributed by atoms with Gasteiger partial charge in [0, 0.05) is 12.1 Å². The third kappa shape index (κ3) is 7.93. The van der Waals surface area contributed by atoms with E-state index in [0.717, 1.165) is 26.6 Å². The van der Waals surface area contributed by atoms with Gasteiger partial charge in [-0.25, -0.2) is 8.42 Å². The lowest BCUT2D eigenvalue weighted by Crippen LogP contribution is -2.54. The molecule has 0 radical (unpaired) electrons. The second-order valence-corrected chi connectivity index (χ2v) is 13.0. The highest BCUT2D eigenvalue weighted by molar-refractivity contribution is 7.92. The van der Waals surface area contributed by atoms with E-state index >= 15 is 0 Å². The second-order valence-electron chi connectivity index (χ2n) is 11.1. The zero-order valence-electron chi connectivity index (χ0n) is 23.9. The molecule has 1 unspecified atom stereocenters. The maximum absolute atomic E-state index is 14.0. The van der Waals surface area contributed by atoms with Crippen LogP contribution < -0.4 is 9.62 Å². The summed E-state index contributed by atoms with van der Waals surface area (Å²) in [6, 6.07) is 20.4. The zero-order valence-corrected chi connectivity index (χ0v) is 24.7. The number of carbonyl (C=O) groups excluding carboxylic acids is 2. The molecule has 208 valence electrons. The third-order valence-corrected chi connectivity index (χ3v) is 7.99. The molecule has 3 rings (SSSR count). The van der Waals surface area contributed by atoms with Crippen molar-refractivity contribution in [2.45, 2.75) is 71.5 Å². The standard InChI is InChI=1S/C31H39N3O4S/c1-22-12-11-13-26(17-22)20-33(25(4)30(36)32-31(5,6)7)29(35)21-34(27-18-23(2)16-24(3)19-27)39(37,38)28-14-9-8-10-15-28/h8-19,25H,20-21H2,1-7H3,(H,32,36). The van der Waals surface area contributed by atoms with E-state index < -0.39 is 34.1 Å². The molecule has 0 fully saturated rings. The van der Waals surface area contributed by atoms with E-state index in [1.54, 1.807) is 37.3 Å². The van der Waals surface area contributed by atoms with Crippen LogP contribution in [0.15, 0.2) is 77.7 Å². The SMILES string of the molecule is Cc1cccc(CN(C(=O)CN(c2cc(C)cc(C)c2)S(=O)(=O)c2ccccc2)C(C)C(=O)NC(C)(C)C)c1. The molecular formula is C31H39N3O4S. The van der Waals surface area contributed by atoms with E-state index in [2.05, 4.69) is 5.32 Å². The van der Waals surface area contributed by atoms with Gasteiger partial charge < -0.3 is 10.2 Å². The normalized spacial score (nSPS) is 12.5. The van der Waals surface area contributed by atoms with Crippen LogP contribution in [0.2, 0.25) is 0 Å². The first kappa shape index (κ1) is 29.9. The first-order valence-electron chi connectivity index (χ1n) is 13.0. The predicted molar refractivity (Wildman–Crippen MR) is 156 cm³/mol. The van der Waals surface area contributed by atoms with Crippen LogP contribution in [0.4, 0.5) is 5.69 Å². The lowest BCUT2D eigenvalue weighted by atomic mass is 10.1. The molecule has 0 aromatic heterocycles. The predicted octanol–water partition coefficient (Wildman–Crippen LogP) is 5.14. The molecule has 1 N–H and O–H groups in total. The number of benzene rings is 3. The monoisotopic (exact) mass is 549 g/mol. The van der Waals surface area contributed by atoms with Crippen molar-refractivity contribution in [1.29, 1.82) is 0 Å². The van der Waals surface area contributed by atoms with Gasteiger partial charge in [-0.2, -0.15) is 0 Å². The number of aryl methyl sites for hydroxylation is 3. The van der Waals surface area contributed by atoms with Crippen molar-refractivity contribution in [3.8, 4) is 0 Å². The van der Waals surface area contributed by atoms with E-state index in [9.17, 15) is 18.0 Å². The summed E-state index contributed by atoms with van der Waals surface area (Å²) >= 11 is 0. The first-order chi connectivity index (χ1) is 18.2. The van der Waals surface area contributed by atoms with Crippen LogP contribution in [-0.2, 0) is 26.2 Å². The summed E-state index contributed by atoms with van der Waals surface area (Å²) in [5.41, 5.74) is 3.52. The van der Waals surface area contributed by atoms with E-state index in [-0.39, 0.29) is 17.3 Å². The Morgan fingerprint density at radius 3 is 2.03 bits per heavy atom. The number of sulfonamides is 1. The van der Waals surface area contributed by atoms with E-state index in [1.807, 2.05) is 71.9 Å². The Balaban J connectivity index is 2.06. The second kappa shape index (κ2) is 12.0. The zero-order chi connectivity index (χ0) is 29.0. The van der Waals surface area contributed by atoms with Gasteiger partial charge in [-0.05, 0) is 89.4 Å². The summed E-state index contributed by atoms with van der Waals surface area (Å²) in [5, 5.41) is 2.94. The fraction of sp³-hybridized carbons (Fsp3) is 0.355. The van der Waals surface area contributed by atoms with Gasteiger partial charge in [0.15, 0.2) is 0 Å². The molecule has 2 amide bonds. The van der Waals surface area contributed by atoms with E-state index in [1.165, 1.54) is 17.0 Å². The van der Waals surface area contributed by atoms with Crippen LogP contribution >= 0.6 is 0 Å². The van der Waals surface area contributed by atoms with Crippen molar-refractivity contribution in [1.82, 2.24) is 10.2 Å². The van der Waals surface area contributed by atoms with Crippen LogP contribution in [0.1, 0.15) is 49.9 Å². The lowest BCUT2D eigenvalue weighted by molar-refractivity contribution is -0.140. The molecule has 8 heteroatoms. The van der Waals surface area contributed by atoms with Crippen LogP contribution in [0, 0.1) is 20.8 Å².